The molecule has 2 rings (SSSR count). The van der Waals surface area contributed by atoms with Crippen LogP contribution in [0.4, 0.5) is 0 Å². The minimum Gasteiger partial charge on any atom is -0.456 e. The SMILES string of the molecule is Cc1ccc(C(=O)NNC(=O)c2cccc(S(C)(=O)=O)c2)o1. The third-order valence-electron chi connectivity index (χ3n) is 2.78. The molecule has 7 nitrogen and oxygen atoms in total. The summed E-state index contributed by atoms with van der Waals surface area (Å²) in [5, 5.41) is 0. The van der Waals surface area contributed by atoms with Gasteiger partial charge in [-0.2, -0.15) is 0 Å². The summed E-state index contributed by atoms with van der Waals surface area (Å²) in [7, 11) is -3.41. The van der Waals surface area contributed by atoms with Crippen molar-refractivity contribution in [1.29, 1.82) is 0 Å². The number of hydrogen-bond donors (Lipinski definition) is 2. The molecule has 8 heteroatoms. The minimum absolute atomic E-state index is 0.0214. The Balaban J connectivity index is 2.05. The number of aryl methyl sites for hydroxylation is 1. The summed E-state index contributed by atoms with van der Waals surface area (Å²) in [6, 6.07) is 8.59. The maximum absolute atomic E-state index is 11.9. The van der Waals surface area contributed by atoms with Crippen molar-refractivity contribution in [3.63, 3.8) is 0 Å². The van der Waals surface area contributed by atoms with Crippen LogP contribution in [0, 0.1) is 6.92 Å². The Morgan fingerprint density at radius 2 is 1.73 bits per heavy atom. The largest absolute Gasteiger partial charge is 0.456 e. The van der Waals surface area contributed by atoms with Crippen molar-refractivity contribution in [3.8, 4) is 0 Å². The van der Waals surface area contributed by atoms with Crippen molar-refractivity contribution in [2.45, 2.75) is 11.8 Å². The van der Waals surface area contributed by atoms with Crippen LogP contribution in [0.2, 0.25) is 0 Å². The third kappa shape index (κ3) is 3.73. The van der Waals surface area contributed by atoms with Crippen LogP contribution >= 0.6 is 0 Å². The van der Waals surface area contributed by atoms with E-state index in [-0.39, 0.29) is 16.2 Å². The van der Waals surface area contributed by atoms with E-state index in [1.165, 1.54) is 30.3 Å². The molecule has 1 aromatic heterocycles. The van der Waals surface area contributed by atoms with E-state index in [0.717, 1.165) is 6.26 Å². The molecule has 0 radical (unpaired) electrons. The predicted molar refractivity (Wildman–Crippen MR) is 77.9 cm³/mol. The van der Waals surface area contributed by atoms with Gasteiger partial charge in [0.1, 0.15) is 5.76 Å². The Bertz CT molecular complexity index is 823. The van der Waals surface area contributed by atoms with Crippen molar-refractivity contribution in [2.75, 3.05) is 6.26 Å². The fourth-order valence-corrected chi connectivity index (χ4v) is 2.34. The highest BCUT2D eigenvalue weighted by Gasteiger charge is 2.14. The molecular formula is C14H14N2O5S. The molecule has 0 saturated carbocycles. The first-order valence-electron chi connectivity index (χ1n) is 6.24. The minimum atomic E-state index is -3.41. The number of carbonyl (C=O) groups excluding carboxylic acids is 2. The van der Waals surface area contributed by atoms with E-state index in [1.807, 2.05) is 0 Å². The number of nitrogens with one attached hydrogen (secondary N) is 2. The number of amides is 2. The molecule has 0 aliphatic carbocycles. The average Bonchev–Trinajstić information content (AvgIpc) is 2.90. The first kappa shape index (κ1) is 15.8. The molecular weight excluding hydrogens is 308 g/mol. The van der Waals surface area contributed by atoms with Crippen LogP contribution in [-0.4, -0.2) is 26.5 Å². The summed E-state index contributed by atoms with van der Waals surface area (Å²) in [5.74, 6) is -0.622. The van der Waals surface area contributed by atoms with Crippen molar-refractivity contribution in [3.05, 3.63) is 53.5 Å². The van der Waals surface area contributed by atoms with Crippen LogP contribution < -0.4 is 10.9 Å². The van der Waals surface area contributed by atoms with Gasteiger partial charge in [0.05, 0.1) is 4.90 Å². The number of sulfone groups is 1. The van der Waals surface area contributed by atoms with Crippen LogP contribution in [0.5, 0.6) is 0 Å². The Morgan fingerprint density at radius 1 is 1.05 bits per heavy atom. The molecule has 0 aliphatic rings. The van der Waals surface area contributed by atoms with Crippen LogP contribution in [0.1, 0.15) is 26.7 Å². The lowest BCUT2D eigenvalue weighted by Crippen LogP contribution is -2.41. The lowest BCUT2D eigenvalue weighted by molar-refractivity contribution is 0.0830. The predicted octanol–water partition coefficient (Wildman–Crippen LogP) is 1.07. The number of rotatable bonds is 3. The van der Waals surface area contributed by atoms with Gasteiger partial charge in [-0.3, -0.25) is 20.4 Å². The lowest BCUT2D eigenvalue weighted by Gasteiger charge is -2.07. The van der Waals surface area contributed by atoms with E-state index in [4.69, 9.17) is 4.42 Å². The van der Waals surface area contributed by atoms with Crippen LogP contribution in [-0.2, 0) is 9.84 Å². The first-order valence-corrected chi connectivity index (χ1v) is 8.14. The molecule has 0 spiro atoms. The molecule has 0 fully saturated rings. The summed E-state index contributed by atoms with van der Waals surface area (Å²) in [6.45, 7) is 1.69. The van der Waals surface area contributed by atoms with Gasteiger partial charge in [0.15, 0.2) is 15.6 Å². The van der Waals surface area contributed by atoms with Crippen LogP contribution in [0.15, 0.2) is 45.7 Å². The zero-order valence-electron chi connectivity index (χ0n) is 11.9. The molecule has 0 bridgehead atoms. The van der Waals surface area contributed by atoms with Crippen molar-refractivity contribution >= 4 is 21.7 Å². The highest BCUT2D eigenvalue weighted by atomic mass is 32.2. The summed E-state index contributed by atoms with van der Waals surface area (Å²) < 4.78 is 28.0. The number of furan rings is 1. The van der Waals surface area contributed by atoms with Gasteiger partial charge in [0.2, 0.25) is 0 Å². The second kappa shape index (κ2) is 6.02. The van der Waals surface area contributed by atoms with Gasteiger partial charge in [-0.25, -0.2) is 8.42 Å². The Labute approximate surface area is 127 Å². The highest BCUT2D eigenvalue weighted by Crippen LogP contribution is 2.11. The molecule has 0 atom stereocenters. The molecule has 0 saturated heterocycles. The summed E-state index contributed by atoms with van der Waals surface area (Å²) in [5.41, 5.74) is 4.49. The summed E-state index contributed by atoms with van der Waals surface area (Å²) in [4.78, 5) is 23.6. The van der Waals surface area contributed by atoms with E-state index >= 15 is 0 Å². The van der Waals surface area contributed by atoms with Gasteiger partial charge < -0.3 is 4.42 Å². The molecule has 1 heterocycles. The molecule has 2 amide bonds. The van der Waals surface area contributed by atoms with Gasteiger partial charge in [-0.15, -0.1) is 0 Å². The van der Waals surface area contributed by atoms with Crippen molar-refractivity contribution in [1.82, 2.24) is 10.9 Å². The first-order chi connectivity index (χ1) is 10.3. The standard InChI is InChI=1S/C14H14N2O5S/c1-9-6-7-12(21-9)14(18)16-15-13(17)10-4-3-5-11(8-10)22(2,19)20/h3-8H,1-2H3,(H,15,17)(H,16,18). The fourth-order valence-electron chi connectivity index (χ4n) is 1.67. The van der Waals surface area contributed by atoms with Gasteiger partial charge in [-0.1, -0.05) is 6.07 Å². The second-order valence-corrected chi connectivity index (χ2v) is 6.63. The molecule has 0 unspecified atom stereocenters. The van der Waals surface area contributed by atoms with Gasteiger partial charge >= 0.3 is 5.91 Å². The van der Waals surface area contributed by atoms with Gasteiger partial charge in [0.25, 0.3) is 5.91 Å². The molecule has 2 aromatic rings. The molecule has 0 aliphatic heterocycles. The lowest BCUT2D eigenvalue weighted by atomic mass is 10.2. The zero-order valence-corrected chi connectivity index (χ0v) is 12.7. The van der Waals surface area contributed by atoms with Gasteiger partial charge in [-0.05, 0) is 37.3 Å². The monoisotopic (exact) mass is 322 g/mol. The van der Waals surface area contributed by atoms with Gasteiger partial charge in [0, 0.05) is 11.8 Å². The molecule has 22 heavy (non-hydrogen) atoms. The van der Waals surface area contributed by atoms with E-state index < -0.39 is 21.7 Å². The van der Waals surface area contributed by atoms with E-state index in [9.17, 15) is 18.0 Å². The topological polar surface area (TPSA) is 105 Å². The third-order valence-corrected chi connectivity index (χ3v) is 3.89. The average molecular weight is 322 g/mol. The highest BCUT2D eigenvalue weighted by molar-refractivity contribution is 7.90. The smallest absolute Gasteiger partial charge is 0.305 e. The Kier molecular flexibility index (Phi) is 4.32. The number of carbonyl (C=O) groups is 2. The maximum Gasteiger partial charge on any atom is 0.305 e. The van der Waals surface area contributed by atoms with Crippen LogP contribution in [0.25, 0.3) is 0 Å². The summed E-state index contributed by atoms with van der Waals surface area (Å²) in [6.07, 6.45) is 1.05. The number of hydrazine groups is 1. The zero-order chi connectivity index (χ0) is 16.3. The van der Waals surface area contributed by atoms with E-state index in [1.54, 1.807) is 13.0 Å². The van der Waals surface area contributed by atoms with Crippen molar-refractivity contribution in [2.24, 2.45) is 0 Å². The fraction of sp³-hybridized carbons (Fsp3) is 0.143. The maximum atomic E-state index is 11.9. The normalized spacial score (nSPS) is 11.0. The molecule has 1 aromatic carbocycles. The van der Waals surface area contributed by atoms with Crippen molar-refractivity contribution < 1.29 is 22.4 Å². The van der Waals surface area contributed by atoms with Crippen LogP contribution in [0.3, 0.4) is 0 Å². The Hall–Kier alpha value is -2.61. The van der Waals surface area contributed by atoms with E-state index in [0.29, 0.717) is 5.76 Å². The van der Waals surface area contributed by atoms with E-state index in [2.05, 4.69) is 10.9 Å². The molecule has 2 N–H and O–H groups in total. The second-order valence-electron chi connectivity index (χ2n) is 4.62. The number of hydrogen-bond acceptors (Lipinski definition) is 5. The molecule has 116 valence electrons. The summed E-state index contributed by atoms with van der Waals surface area (Å²) >= 11 is 0. The quantitative estimate of drug-likeness (QED) is 0.822. The Morgan fingerprint density at radius 3 is 2.32 bits per heavy atom. The number of benzene rings is 1.